The van der Waals surface area contributed by atoms with Gasteiger partial charge in [0.25, 0.3) is 5.91 Å². The molecule has 1 aromatic carbocycles. The van der Waals surface area contributed by atoms with E-state index in [0.29, 0.717) is 6.07 Å². The molecule has 0 fully saturated rings. The van der Waals surface area contributed by atoms with E-state index in [1.807, 2.05) is 0 Å². The van der Waals surface area contributed by atoms with Gasteiger partial charge >= 0.3 is 0 Å². The van der Waals surface area contributed by atoms with Gasteiger partial charge in [0, 0.05) is 12.1 Å². The first-order valence-electron chi connectivity index (χ1n) is 4.93. The molecule has 0 aliphatic heterocycles. The van der Waals surface area contributed by atoms with Crippen molar-refractivity contribution in [2.24, 2.45) is 5.73 Å². The monoisotopic (exact) mass is 282 g/mol. The van der Waals surface area contributed by atoms with Crippen molar-refractivity contribution < 1.29 is 18.0 Å². The average Bonchev–Trinajstić information content (AvgIpc) is 2.22. The van der Waals surface area contributed by atoms with Gasteiger partial charge in [-0.1, -0.05) is 0 Å². The highest BCUT2D eigenvalue weighted by Gasteiger charge is 2.20. The molecule has 18 heavy (non-hydrogen) atoms. The van der Waals surface area contributed by atoms with E-state index in [-0.39, 0.29) is 19.0 Å². The summed E-state index contributed by atoms with van der Waals surface area (Å²) >= 11 is 0. The Morgan fingerprint density at radius 3 is 2.33 bits per heavy atom. The number of halogens is 4. The predicted octanol–water partition coefficient (Wildman–Crippen LogP) is 1.99. The van der Waals surface area contributed by atoms with Crippen molar-refractivity contribution in [3.05, 3.63) is 35.1 Å². The summed E-state index contributed by atoms with van der Waals surface area (Å²) in [5.41, 5.74) is 4.39. The summed E-state index contributed by atoms with van der Waals surface area (Å²) in [7, 11) is 0. The number of nitrogens with one attached hydrogen (secondary N) is 1. The standard InChI is InChI=1S/C11H13F3N2O.ClH/c1-11(2,15)5-16-10(17)6-3-4-7(12)9(14)8(6)13;/h3-4H,5,15H2,1-2H3,(H,16,17);1H. The second kappa shape index (κ2) is 6.06. The molecule has 7 heteroatoms. The molecule has 0 heterocycles. The number of hydrogen-bond acceptors (Lipinski definition) is 2. The predicted molar refractivity (Wildman–Crippen MR) is 64.2 cm³/mol. The number of amides is 1. The van der Waals surface area contributed by atoms with Crippen LogP contribution in [0.15, 0.2) is 12.1 Å². The van der Waals surface area contributed by atoms with Crippen molar-refractivity contribution in [2.75, 3.05) is 6.54 Å². The van der Waals surface area contributed by atoms with Gasteiger partial charge in [0.15, 0.2) is 17.5 Å². The van der Waals surface area contributed by atoms with Gasteiger partial charge in [-0.2, -0.15) is 0 Å². The first-order chi connectivity index (χ1) is 7.72. The number of nitrogens with two attached hydrogens (primary N) is 1. The van der Waals surface area contributed by atoms with E-state index in [2.05, 4.69) is 5.32 Å². The maximum Gasteiger partial charge on any atom is 0.254 e. The van der Waals surface area contributed by atoms with Gasteiger partial charge in [0.1, 0.15) is 0 Å². The third-order valence-electron chi connectivity index (χ3n) is 1.98. The minimum Gasteiger partial charge on any atom is -0.350 e. The maximum atomic E-state index is 13.2. The van der Waals surface area contributed by atoms with Gasteiger partial charge in [-0.3, -0.25) is 4.79 Å². The summed E-state index contributed by atoms with van der Waals surface area (Å²) in [6.45, 7) is 3.41. The molecule has 0 aliphatic carbocycles. The lowest BCUT2D eigenvalue weighted by atomic mass is 10.1. The maximum absolute atomic E-state index is 13.2. The first-order valence-corrected chi connectivity index (χ1v) is 4.93. The lowest BCUT2D eigenvalue weighted by Crippen LogP contribution is -2.45. The Morgan fingerprint density at radius 2 is 1.83 bits per heavy atom. The van der Waals surface area contributed by atoms with Crippen molar-refractivity contribution in [1.29, 1.82) is 0 Å². The van der Waals surface area contributed by atoms with Gasteiger partial charge in [-0.25, -0.2) is 13.2 Å². The zero-order valence-corrected chi connectivity index (χ0v) is 10.7. The topological polar surface area (TPSA) is 55.1 Å². The summed E-state index contributed by atoms with van der Waals surface area (Å²) < 4.78 is 38.7. The van der Waals surface area contributed by atoms with Crippen LogP contribution in [0, 0.1) is 17.5 Å². The van der Waals surface area contributed by atoms with Crippen molar-refractivity contribution in [3.63, 3.8) is 0 Å². The van der Waals surface area contributed by atoms with E-state index in [0.717, 1.165) is 6.07 Å². The van der Waals surface area contributed by atoms with Crippen LogP contribution < -0.4 is 11.1 Å². The number of hydrogen-bond donors (Lipinski definition) is 2. The Bertz CT molecular complexity index is 447. The van der Waals surface area contributed by atoms with E-state index in [4.69, 9.17) is 5.73 Å². The molecule has 0 bridgehead atoms. The Hall–Kier alpha value is -1.27. The molecule has 0 saturated heterocycles. The SMILES string of the molecule is CC(C)(N)CNC(=O)c1ccc(F)c(F)c1F.Cl. The zero-order chi connectivity index (χ0) is 13.2. The van der Waals surface area contributed by atoms with Crippen molar-refractivity contribution in [1.82, 2.24) is 5.32 Å². The summed E-state index contributed by atoms with van der Waals surface area (Å²) in [6, 6.07) is 1.58. The second-order valence-electron chi connectivity index (χ2n) is 4.39. The van der Waals surface area contributed by atoms with E-state index in [9.17, 15) is 18.0 Å². The quantitative estimate of drug-likeness (QED) is 0.833. The molecule has 0 radical (unpaired) electrons. The first kappa shape index (κ1) is 16.7. The van der Waals surface area contributed by atoms with Crippen LogP contribution in [0.1, 0.15) is 24.2 Å². The van der Waals surface area contributed by atoms with Crippen molar-refractivity contribution in [2.45, 2.75) is 19.4 Å². The lowest BCUT2D eigenvalue weighted by molar-refractivity contribution is 0.0940. The van der Waals surface area contributed by atoms with Crippen molar-refractivity contribution in [3.8, 4) is 0 Å². The molecule has 102 valence electrons. The zero-order valence-electron chi connectivity index (χ0n) is 9.89. The third kappa shape index (κ3) is 4.19. The summed E-state index contributed by atoms with van der Waals surface area (Å²) in [4.78, 5) is 11.5. The highest BCUT2D eigenvalue weighted by atomic mass is 35.5. The number of rotatable bonds is 3. The van der Waals surface area contributed by atoms with Gasteiger partial charge in [0.2, 0.25) is 0 Å². The molecule has 0 aromatic heterocycles. The smallest absolute Gasteiger partial charge is 0.254 e. The number of benzene rings is 1. The summed E-state index contributed by atoms with van der Waals surface area (Å²) in [6.07, 6.45) is 0. The van der Waals surface area contributed by atoms with Gasteiger partial charge in [0.05, 0.1) is 5.56 Å². The summed E-state index contributed by atoms with van der Waals surface area (Å²) in [5.74, 6) is -5.33. The van der Waals surface area contributed by atoms with Crippen molar-refractivity contribution >= 4 is 18.3 Å². The number of carbonyl (C=O) groups excluding carboxylic acids is 1. The minimum absolute atomic E-state index is 0. The van der Waals surface area contributed by atoms with Crippen LogP contribution in [0.4, 0.5) is 13.2 Å². The van der Waals surface area contributed by atoms with Crippen LogP contribution in [-0.4, -0.2) is 18.0 Å². The molecular formula is C11H14ClF3N2O. The fourth-order valence-corrected chi connectivity index (χ4v) is 1.10. The fraction of sp³-hybridized carbons (Fsp3) is 0.364. The molecule has 1 rings (SSSR count). The van der Waals surface area contributed by atoms with E-state index >= 15 is 0 Å². The molecule has 0 atom stereocenters. The Labute approximate surface area is 109 Å². The molecule has 0 saturated carbocycles. The van der Waals surface area contributed by atoms with E-state index in [1.54, 1.807) is 13.8 Å². The molecule has 1 aromatic rings. The Balaban J connectivity index is 0.00000289. The lowest BCUT2D eigenvalue weighted by Gasteiger charge is -2.19. The molecular weight excluding hydrogens is 269 g/mol. The molecule has 3 N–H and O–H groups in total. The Morgan fingerprint density at radius 1 is 1.28 bits per heavy atom. The normalized spacial score (nSPS) is 10.8. The van der Waals surface area contributed by atoms with Crippen LogP contribution in [0.5, 0.6) is 0 Å². The highest BCUT2D eigenvalue weighted by molar-refractivity contribution is 5.94. The van der Waals surface area contributed by atoms with E-state index < -0.39 is 34.5 Å². The minimum atomic E-state index is -1.66. The van der Waals surface area contributed by atoms with E-state index in [1.165, 1.54) is 0 Å². The molecule has 0 unspecified atom stereocenters. The van der Waals surface area contributed by atoms with Crippen LogP contribution >= 0.6 is 12.4 Å². The summed E-state index contributed by atoms with van der Waals surface area (Å²) in [5, 5.41) is 2.33. The largest absolute Gasteiger partial charge is 0.350 e. The van der Waals surface area contributed by atoms with Crippen LogP contribution in [0.2, 0.25) is 0 Å². The number of carbonyl (C=O) groups is 1. The molecule has 1 amide bonds. The van der Waals surface area contributed by atoms with Gasteiger partial charge in [-0.05, 0) is 26.0 Å². The fourth-order valence-electron chi connectivity index (χ4n) is 1.10. The van der Waals surface area contributed by atoms with Crippen LogP contribution in [0.3, 0.4) is 0 Å². The van der Waals surface area contributed by atoms with Gasteiger partial charge < -0.3 is 11.1 Å². The molecule has 0 aliphatic rings. The second-order valence-corrected chi connectivity index (χ2v) is 4.39. The van der Waals surface area contributed by atoms with Crippen LogP contribution in [0.25, 0.3) is 0 Å². The molecule has 0 spiro atoms. The Kier molecular flexibility index (Phi) is 5.63. The highest BCUT2D eigenvalue weighted by Crippen LogP contribution is 2.15. The van der Waals surface area contributed by atoms with Gasteiger partial charge in [-0.15, -0.1) is 12.4 Å². The third-order valence-corrected chi connectivity index (χ3v) is 1.98. The average molecular weight is 283 g/mol. The molecule has 3 nitrogen and oxygen atoms in total. The van der Waals surface area contributed by atoms with Crippen LogP contribution in [-0.2, 0) is 0 Å².